The molecule has 0 saturated carbocycles. The van der Waals surface area contributed by atoms with E-state index in [4.69, 9.17) is 12.2 Å². The van der Waals surface area contributed by atoms with Gasteiger partial charge in [0.15, 0.2) is 5.82 Å². The molecule has 150 valence electrons. The first kappa shape index (κ1) is 20.4. The number of carbonyl (C=O) groups excluding carboxylic acids is 2. The van der Waals surface area contributed by atoms with Gasteiger partial charge < -0.3 is 16.0 Å². The molecule has 2 aromatic rings. The first-order valence-corrected chi connectivity index (χ1v) is 9.75. The third-order valence-electron chi connectivity index (χ3n) is 5.25. The number of primary amides is 1. The fraction of sp³-hybridized carbons (Fsp3) is 0.348. The highest BCUT2D eigenvalue weighted by Gasteiger charge is 2.24. The molecule has 1 aromatic heterocycles. The molecule has 2 amide bonds. The maximum absolute atomic E-state index is 12.8. The molecular formula is C23H26N4O2. The van der Waals surface area contributed by atoms with Crippen LogP contribution in [0.5, 0.6) is 0 Å². The van der Waals surface area contributed by atoms with Crippen molar-refractivity contribution in [3.63, 3.8) is 0 Å². The van der Waals surface area contributed by atoms with Crippen LogP contribution in [0.1, 0.15) is 72.5 Å². The van der Waals surface area contributed by atoms with Gasteiger partial charge in [0.05, 0.1) is 11.7 Å². The van der Waals surface area contributed by atoms with Gasteiger partial charge in [-0.15, -0.1) is 6.42 Å². The summed E-state index contributed by atoms with van der Waals surface area (Å²) in [4.78, 5) is 31.1. The number of allylic oxidation sites excluding steroid dienone is 2. The molecular weight excluding hydrogens is 364 g/mol. The highest BCUT2D eigenvalue weighted by molar-refractivity contribution is 5.95. The van der Waals surface area contributed by atoms with Crippen molar-refractivity contribution in [1.29, 1.82) is 0 Å². The number of benzene rings is 1. The number of nitrogens with two attached hydrogens (primary N) is 1. The van der Waals surface area contributed by atoms with E-state index in [1.165, 1.54) is 18.2 Å². The van der Waals surface area contributed by atoms with Crippen LogP contribution in [0.4, 0.5) is 4.79 Å². The number of nitrogens with one attached hydrogen (secondary N) is 2. The van der Waals surface area contributed by atoms with Crippen LogP contribution in [0, 0.1) is 12.3 Å². The fourth-order valence-corrected chi connectivity index (χ4v) is 3.67. The molecule has 0 radical (unpaired) electrons. The van der Waals surface area contributed by atoms with Crippen LogP contribution in [0.3, 0.4) is 0 Å². The zero-order chi connectivity index (χ0) is 21.0. The van der Waals surface area contributed by atoms with E-state index in [9.17, 15) is 9.59 Å². The number of hydrogen-bond donors (Lipinski definition) is 3. The molecule has 0 atom stereocenters. The molecule has 1 aromatic carbocycles. The van der Waals surface area contributed by atoms with Crippen LogP contribution in [0.25, 0.3) is 5.57 Å². The lowest BCUT2D eigenvalue weighted by molar-refractivity contribution is 0.0984. The Morgan fingerprint density at radius 3 is 2.76 bits per heavy atom. The van der Waals surface area contributed by atoms with Crippen LogP contribution in [0.2, 0.25) is 0 Å². The number of imidazole rings is 1. The molecule has 3 rings (SSSR count). The number of Topliss-reactive ketones (excluding diaryl/α,β-unsaturated/α-hetero) is 1. The van der Waals surface area contributed by atoms with Crippen molar-refractivity contribution < 1.29 is 9.59 Å². The van der Waals surface area contributed by atoms with Crippen molar-refractivity contribution in [3.05, 3.63) is 58.7 Å². The van der Waals surface area contributed by atoms with Gasteiger partial charge in [-0.3, -0.25) is 4.79 Å². The summed E-state index contributed by atoms with van der Waals surface area (Å²) in [5.74, 6) is 2.59. The molecule has 1 heterocycles. The van der Waals surface area contributed by atoms with Gasteiger partial charge in [-0.25, -0.2) is 9.78 Å². The first-order valence-electron chi connectivity index (χ1n) is 9.75. The molecule has 1 aliphatic rings. The Morgan fingerprint density at radius 2 is 2.14 bits per heavy atom. The van der Waals surface area contributed by atoms with Gasteiger partial charge in [-0.2, -0.15) is 0 Å². The van der Waals surface area contributed by atoms with E-state index in [1.807, 2.05) is 26.0 Å². The Labute approximate surface area is 171 Å². The van der Waals surface area contributed by atoms with E-state index in [0.717, 1.165) is 36.0 Å². The number of H-pyrrole nitrogens is 1. The monoisotopic (exact) mass is 390 g/mol. The molecule has 0 aliphatic heterocycles. The summed E-state index contributed by atoms with van der Waals surface area (Å²) in [7, 11) is 0. The van der Waals surface area contributed by atoms with Crippen molar-refractivity contribution in [3.8, 4) is 12.3 Å². The summed E-state index contributed by atoms with van der Waals surface area (Å²) in [6.45, 7) is 3.81. The highest BCUT2D eigenvalue weighted by Crippen LogP contribution is 2.33. The molecule has 0 spiro atoms. The number of urea groups is 1. The number of terminal acetylenes is 1. The average molecular weight is 390 g/mol. The normalized spacial score (nSPS) is 14.0. The second kappa shape index (κ2) is 8.36. The maximum Gasteiger partial charge on any atom is 0.312 e. The zero-order valence-electron chi connectivity index (χ0n) is 16.8. The van der Waals surface area contributed by atoms with Crippen molar-refractivity contribution in [2.45, 2.75) is 51.5 Å². The van der Waals surface area contributed by atoms with Gasteiger partial charge in [0, 0.05) is 6.42 Å². The number of hydrogen-bond acceptors (Lipinski definition) is 3. The van der Waals surface area contributed by atoms with Crippen molar-refractivity contribution in [2.24, 2.45) is 5.73 Å². The standard InChI is InChI=1S/C23H26N4O2/c1-4-18-14-25-21(26-18)20(28)12-16-10-11-17(23(2,3)27-22(24)29)13-19(16)15-8-6-5-7-9-15/h1,8,10-11,13-14H,5-7,9,12H2,2-3H3,(H,25,26)(H3,24,27,29). The third kappa shape index (κ3) is 4.75. The third-order valence-corrected chi connectivity index (χ3v) is 5.25. The molecule has 0 bridgehead atoms. The maximum atomic E-state index is 12.8. The second-order valence-corrected chi connectivity index (χ2v) is 7.85. The average Bonchev–Trinajstić information content (AvgIpc) is 3.17. The summed E-state index contributed by atoms with van der Waals surface area (Å²) in [5, 5.41) is 2.78. The van der Waals surface area contributed by atoms with Crippen molar-refractivity contribution in [1.82, 2.24) is 15.3 Å². The lowest BCUT2D eigenvalue weighted by Gasteiger charge is -2.28. The smallest absolute Gasteiger partial charge is 0.312 e. The predicted octanol–water partition coefficient (Wildman–Crippen LogP) is 3.68. The Kier molecular flexibility index (Phi) is 5.88. The van der Waals surface area contributed by atoms with Crippen LogP contribution in [0.15, 0.2) is 30.5 Å². The second-order valence-electron chi connectivity index (χ2n) is 7.85. The molecule has 0 unspecified atom stereocenters. The number of nitrogens with zero attached hydrogens (tertiary/aromatic N) is 1. The SMILES string of the molecule is C#Cc1cnc(C(=O)Cc2ccc(C(C)(C)NC(N)=O)cc2C2=CCCCC2)[nH]1. The summed E-state index contributed by atoms with van der Waals surface area (Å²) in [5.41, 5.74) is 9.34. The summed E-state index contributed by atoms with van der Waals surface area (Å²) >= 11 is 0. The Balaban J connectivity index is 1.97. The number of aromatic amines is 1. The predicted molar refractivity (Wildman–Crippen MR) is 113 cm³/mol. The van der Waals surface area contributed by atoms with Crippen LogP contribution >= 0.6 is 0 Å². The van der Waals surface area contributed by atoms with E-state index >= 15 is 0 Å². The molecule has 29 heavy (non-hydrogen) atoms. The van der Waals surface area contributed by atoms with Gasteiger partial charge in [-0.1, -0.05) is 24.1 Å². The summed E-state index contributed by atoms with van der Waals surface area (Å²) < 4.78 is 0. The Bertz CT molecular complexity index is 1010. The van der Waals surface area contributed by atoms with E-state index in [1.54, 1.807) is 0 Å². The van der Waals surface area contributed by atoms with Gasteiger partial charge in [0.1, 0.15) is 5.69 Å². The molecule has 0 fully saturated rings. The molecule has 1 aliphatic carbocycles. The zero-order valence-corrected chi connectivity index (χ0v) is 16.8. The number of ketones is 1. The Hall–Kier alpha value is -3.33. The minimum Gasteiger partial charge on any atom is -0.352 e. The molecule has 0 saturated heterocycles. The quantitative estimate of drug-likeness (QED) is 0.518. The summed E-state index contributed by atoms with van der Waals surface area (Å²) in [6, 6.07) is 5.37. The minimum absolute atomic E-state index is 0.119. The van der Waals surface area contributed by atoms with E-state index < -0.39 is 11.6 Å². The molecule has 6 heteroatoms. The van der Waals surface area contributed by atoms with Gasteiger partial charge >= 0.3 is 6.03 Å². The van der Waals surface area contributed by atoms with E-state index in [2.05, 4.69) is 33.3 Å². The Morgan fingerprint density at radius 1 is 1.34 bits per heavy atom. The number of aromatic nitrogens is 2. The highest BCUT2D eigenvalue weighted by atomic mass is 16.2. The fourth-order valence-electron chi connectivity index (χ4n) is 3.67. The first-order chi connectivity index (χ1) is 13.8. The van der Waals surface area contributed by atoms with Gasteiger partial charge in [0.25, 0.3) is 0 Å². The van der Waals surface area contributed by atoms with Crippen LogP contribution in [-0.2, 0) is 12.0 Å². The summed E-state index contributed by atoms with van der Waals surface area (Å²) in [6.07, 6.45) is 13.6. The van der Waals surface area contributed by atoms with Crippen molar-refractivity contribution >= 4 is 17.4 Å². The lowest BCUT2D eigenvalue weighted by atomic mass is 9.84. The largest absolute Gasteiger partial charge is 0.352 e. The minimum atomic E-state index is -0.624. The van der Waals surface area contributed by atoms with E-state index in [-0.39, 0.29) is 18.0 Å². The van der Waals surface area contributed by atoms with Crippen LogP contribution < -0.4 is 11.1 Å². The molecule has 4 N–H and O–H groups in total. The number of amides is 2. The lowest BCUT2D eigenvalue weighted by Crippen LogP contribution is -2.44. The van der Waals surface area contributed by atoms with Crippen LogP contribution in [-0.4, -0.2) is 21.8 Å². The van der Waals surface area contributed by atoms with Crippen molar-refractivity contribution in [2.75, 3.05) is 0 Å². The van der Waals surface area contributed by atoms with Gasteiger partial charge in [0.2, 0.25) is 5.78 Å². The van der Waals surface area contributed by atoms with E-state index in [0.29, 0.717) is 5.69 Å². The topological polar surface area (TPSA) is 101 Å². The van der Waals surface area contributed by atoms with Gasteiger partial charge in [-0.05, 0) is 67.9 Å². The number of rotatable bonds is 6. The number of carbonyl (C=O) groups is 2. The molecule has 6 nitrogen and oxygen atoms in total.